The number of rotatable bonds is 8. The molecule has 166 valence electrons. The van der Waals surface area contributed by atoms with E-state index in [1.807, 2.05) is 36.9 Å². The third kappa shape index (κ3) is 6.03. The lowest BCUT2D eigenvalue weighted by Gasteiger charge is -2.34. The molecule has 1 heterocycles. The van der Waals surface area contributed by atoms with Crippen LogP contribution < -0.4 is 0 Å². The SMILES string of the molecule is CCN(CC)S(=O)(=O)c1ccc(/C=C/C(=O)N2CCN(Cc3ccccc3)CC2)cc1. The predicted octanol–water partition coefficient (Wildman–Crippen LogP) is 3.07. The molecule has 1 saturated heterocycles. The van der Waals surface area contributed by atoms with Crippen molar-refractivity contribution in [2.24, 2.45) is 0 Å². The summed E-state index contributed by atoms with van der Waals surface area (Å²) in [4.78, 5) is 17.0. The Hall–Kier alpha value is -2.48. The van der Waals surface area contributed by atoms with Crippen molar-refractivity contribution in [3.8, 4) is 0 Å². The van der Waals surface area contributed by atoms with Crippen LogP contribution >= 0.6 is 0 Å². The van der Waals surface area contributed by atoms with E-state index in [0.717, 1.165) is 25.2 Å². The first-order valence-electron chi connectivity index (χ1n) is 10.8. The largest absolute Gasteiger partial charge is 0.337 e. The maximum atomic E-state index is 12.6. The Morgan fingerprint density at radius 2 is 1.55 bits per heavy atom. The van der Waals surface area contributed by atoms with Gasteiger partial charge in [0.05, 0.1) is 4.90 Å². The average Bonchev–Trinajstić information content (AvgIpc) is 2.79. The Labute approximate surface area is 185 Å². The van der Waals surface area contributed by atoms with Gasteiger partial charge >= 0.3 is 0 Å². The van der Waals surface area contributed by atoms with Crippen molar-refractivity contribution >= 4 is 22.0 Å². The smallest absolute Gasteiger partial charge is 0.246 e. The highest BCUT2D eigenvalue weighted by atomic mass is 32.2. The van der Waals surface area contributed by atoms with Gasteiger partial charge in [-0.1, -0.05) is 56.3 Å². The highest BCUT2D eigenvalue weighted by molar-refractivity contribution is 7.89. The molecular formula is C24H31N3O3S. The van der Waals surface area contributed by atoms with Crippen LogP contribution in [0.3, 0.4) is 0 Å². The minimum absolute atomic E-state index is 0.0146. The van der Waals surface area contributed by atoms with Crippen LogP contribution in [0, 0.1) is 0 Å². The zero-order chi connectivity index (χ0) is 22.3. The molecule has 3 rings (SSSR count). The van der Waals surface area contributed by atoms with Crippen LogP contribution in [0.15, 0.2) is 65.6 Å². The van der Waals surface area contributed by atoms with Crippen LogP contribution in [0.1, 0.15) is 25.0 Å². The number of benzene rings is 2. The van der Waals surface area contributed by atoms with E-state index in [4.69, 9.17) is 0 Å². The third-order valence-corrected chi connectivity index (χ3v) is 7.64. The van der Waals surface area contributed by atoms with Crippen LogP contribution in [0.4, 0.5) is 0 Å². The van der Waals surface area contributed by atoms with Gasteiger partial charge in [0.15, 0.2) is 0 Å². The fraction of sp³-hybridized carbons (Fsp3) is 0.375. The zero-order valence-corrected chi connectivity index (χ0v) is 19.1. The standard InChI is InChI=1S/C24H31N3O3S/c1-3-27(4-2)31(29,30)23-13-10-21(11-14-23)12-15-24(28)26-18-16-25(17-19-26)20-22-8-6-5-7-9-22/h5-15H,3-4,16-20H2,1-2H3/b15-12+. The van der Waals surface area contributed by atoms with E-state index in [0.29, 0.717) is 26.2 Å². The summed E-state index contributed by atoms with van der Waals surface area (Å²) in [6.07, 6.45) is 3.31. The number of hydrogen-bond acceptors (Lipinski definition) is 4. The maximum Gasteiger partial charge on any atom is 0.246 e. The van der Waals surface area contributed by atoms with Gasteiger partial charge in [-0.2, -0.15) is 4.31 Å². The number of sulfonamides is 1. The molecule has 0 atom stereocenters. The molecule has 1 fully saturated rings. The topological polar surface area (TPSA) is 60.9 Å². The van der Waals surface area contributed by atoms with Gasteiger partial charge in [-0.25, -0.2) is 8.42 Å². The third-order valence-electron chi connectivity index (χ3n) is 5.57. The van der Waals surface area contributed by atoms with Crippen molar-refractivity contribution in [1.82, 2.24) is 14.1 Å². The molecule has 0 unspecified atom stereocenters. The van der Waals surface area contributed by atoms with Crippen molar-refractivity contribution in [1.29, 1.82) is 0 Å². The van der Waals surface area contributed by atoms with E-state index < -0.39 is 10.0 Å². The van der Waals surface area contributed by atoms with Crippen molar-refractivity contribution in [3.63, 3.8) is 0 Å². The fourth-order valence-corrected chi connectivity index (χ4v) is 5.16. The van der Waals surface area contributed by atoms with E-state index in [9.17, 15) is 13.2 Å². The van der Waals surface area contributed by atoms with Gasteiger partial charge in [-0.15, -0.1) is 0 Å². The average molecular weight is 442 g/mol. The van der Waals surface area contributed by atoms with Gasteiger partial charge in [0.25, 0.3) is 0 Å². The summed E-state index contributed by atoms with van der Waals surface area (Å²) in [6.45, 7) is 8.55. The van der Waals surface area contributed by atoms with Crippen molar-refractivity contribution < 1.29 is 13.2 Å². The van der Waals surface area contributed by atoms with E-state index >= 15 is 0 Å². The summed E-state index contributed by atoms with van der Waals surface area (Å²) >= 11 is 0. The molecule has 0 N–H and O–H groups in total. The van der Waals surface area contributed by atoms with Crippen molar-refractivity contribution in [2.75, 3.05) is 39.3 Å². The molecule has 7 heteroatoms. The van der Waals surface area contributed by atoms with Gasteiger partial charge in [0.1, 0.15) is 0 Å². The van der Waals surface area contributed by atoms with Gasteiger partial charge in [-0.3, -0.25) is 9.69 Å². The normalized spacial score (nSPS) is 15.6. The summed E-state index contributed by atoms with van der Waals surface area (Å²) in [7, 11) is -3.46. The molecule has 1 aliphatic rings. The summed E-state index contributed by atoms with van der Waals surface area (Å²) in [5.41, 5.74) is 2.09. The number of hydrogen-bond donors (Lipinski definition) is 0. The molecule has 0 saturated carbocycles. The summed E-state index contributed by atoms with van der Waals surface area (Å²) in [5, 5.41) is 0. The molecule has 0 spiro atoms. The molecule has 0 aromatic heterocycles. The van der Waals surface area contributed by atoms with Crippen LogP contribution in [0.2, 0.25) is 0 Å². The van der Waals surface area contributed by atoms with E-state index in [1.165, 1.54) is 9.87 Å². The lowest BCUT2D eigenvalue weighted by molar-refractivity contribution is -0.127. The number of nitrogens with zero attached hydrogens (tertiary/aromatic N) is 3. The number of carbonyl (C=O) groups is 1. The molecule has 31 heavy (non-hydrogen) atoms. The Balaban J connectivity index is 1.53. The lowest BCUT2D eigenvalue weighted by Crippen LogP contribution is -2.47. The van der Waals surface area contributed by atoms with Crippen LogP contribution in [-0.4, -0.2) is 67.7 Å². The highest BCUT2D eigenvalue weighted by Crippen LogP contribution is 2.17. The van der Waals surface area contributed by atoms with Crippen molar-refractivity contribution in [2.45, 2.75) is 25.3 Å². The molecule has 6 nitrogen and oxygen atoms in total. The fourth-order valence-electron chi connectivity index (χ4n) is 3.70. The number of amides is 1. The molecule has 0 radical (unpaired) electrons. The van der Waals surface area contributed by atoms with Gasteiger partial charge in [0, 0.05) is 51.9 Å². The molecular weight excluding hydrogens is 410 g/mol. The summed E-state index contributed by atoms with van der Waals surface area (Å²) in [5.74, 6) is -0.0146. The van der Waals surface area contributed by atoms with Crippen LogP contribution in [0.5, 0.6) is 0 Å². The van der Waals surface area contributed by atoms with Gasteiger partial charge in [0.2, 0.25) is 15.9 Å². The molecule has 0 bridgehead atoms. The first-order valence-corrected chi connectivity index (χ1v) is 12.2. The first-order chi connectivity index (χ1) is 14.9. The second kappa shape index (κ2) is 10.7. The second-order valence-corrected chi connectivity index (χ2v) is 9.52. The minimum Gasteiger partial charge on any atom is -0.337 e. The van der Waals surface area contributed by atoms with E-state index in [1.54, 1.807) is 36.4 Å². The van der Waals surface area contributed by atoms with Crippen LogP contribution in [-0.2, 0) is 21.4 Å². The van der Waals surface area contributed by atoms with E-state index in [2.05, 4.69) is 17.0 Å². The predicted molar refractivity (Wildman–Crippen MR) is 124 cm³/mol. The first kappa shape index (κ1) is 23.2. The van der Waals surface area contributed by atoms with E-state index in [-0.39, 0.29) is 10.8 Å². The summed E-state index contributed by atoms with van der Waals surface area (Å²) < 4.78 is 26.6. The zero-order valence-electron chi connectivity index (χ0n) is 18.3. The Morgan fingerprint density at radius 3 is 2.13 bits per heavy atom. The number of piperazine rings is 1. The Kier molecular flexibility index (Phi) is 8.01. The van der Waals surface area contributed by atoms with Gasteiger partial charge in [-0.05, 0) is 29.3 Å². The second-order valence-electron chi connectivity index (χ2n) is 7.58. The summed E-state index contributed by atoms with van der Waals surface area (Å²) in [6, 6.07) is 17.0. The maximum absolute atomic E-state index is 12.6. The Bertz CT molecular complexity index is 976. The molecule has 0 aliphatic carbocycles. The molecule has 1 aliphatic heterocycles. The quantitative estimate of drug-likeness (QED) is 0.591. The van der Waals surface area contributed by atoms with Gasteiger partial charge < -0.3 is 4.90 Å². The molecule has 1 amide bonds. The van der Waals surface area contributed by atoms with Crippen LogP contribution in [0.25, 0.3) is 6.08 Å². The lowest BCUT2D eigenvalue weighted by atomic mass is 10.2. The molecule has 2 aromatic rings. The Morgan fingerprint density at radius 1 is 0.935 bits per heavy atom. The number of carbonyl (C=O) groups excluding carboxylic acids is 1. The highest BCUT2D eigenvalue weighted by Gasteiger charge is 2.21. The molecule has 2 aromatic carbocycles. The monoisotopic (exact) mass is 441 g/mol. The van der Waals surface area contributed by atoms with Crippen molar-refractivity contribution in [3.05, 3.63) is 71.8 Å². The minimum atomic E-state index is -3.46.